The minimum Gasteiger partial charge on any atom is -0.490 e. The Kier molecular flexibility index (Phi) is 4.26. The van der Waals surface area contributed by atoms with Crippen LogP contribution in [0.15, 0.2) is 42.9 Å². The molecule has 4 nitrogen and oxygen atoms in total. The first-order valence-corrected chi connectivity index (χ1v) is 8.80. The Hall–Kier alpha value is -2.62. The maximum absolute atomic E-state index is 6.35. The molecule has 0 bridgehead atoms. The number of rotatable bonds is 4. The van der Waals surface area contributed by atoms with Crippen molar-refractivity contribution in [3.63, 3.8) is 0 Å². The maximum Gasteiger partial charge on any atom is 0.222 e. The minimum atomic E-state index is 0.320. The number of benzene rings is 1. The van der Waals surface area contributed by atoms with Crippen LogP contribution in [0.4, 0.5) is 0 Å². The molecule has 0 N–H and O–H groups in total. The van der Waals surface area contributed by atoms with Crippen molar-refractivity contribution in [2.24, 2.45) is 0 Å². The van der Waals surface area contributed by atoms with Gasteiger partial charge in [-0.25, -0.2) is 4.98 Å². The van der Waals surface area contributed by atoms with E-state index in [4.69, 9.17) is 9.47 Å². The van der Waals surface area contributed by atoms with Gasteiger partial charge >= 0.3 is 0 Å². The highest BCUT2D eigenvalue weighted by Gasteiger charge is 2.19. The van der Waals surface area contributed by atoms with E-state index >= 15 is 0 Å². The predicted octanol–water partition coefficient (Wildman–Crippen LogP) is 4.94. The molecule has 0 radical (unpaired) electrons. The van der Waals surface area contributed by atoms with Gasteiger partial charge in [0.2, 0.25) is 5.88 Å². The van der Waals surface area contributed by atoms with Crippen molar-refractivity contribution in [1.82, 2.24) is 9.97 Å². The van der Waals surface area contributed by atoms with E-state index in [0.717, 1.165) is 40.5 Å². The van der Waals surface area contributed by atoms with Crippen molar-refractivity contribution in [2.45, 2.75) is 38.7 Å². The number of aromatic nitrogens is 2. The Balaban J connectivity index is 1.86. The second-order valence-corrected chi connectivity index (χ2v) is 6.63. The van der Waals surface area contributed by atoms with Crippen LogP contribution in [0.2, 0.25) is 0 Å². The molecule has 4 rings (SSSR count). The highest BCUT2D eigenvalue weighted by atomic mass is 16.5. The van der Waals surface area contributed by atoms with Crippen molar-refractivity contribution in [3.8, 4) is 22.8 Å². The van der Waals surface area contributed by atoms with Crippen LogP contribution in [0.3, 0.4) is 0 Å². The van der Waals surface area contributed by atoms with Gasteiger partial charge in [-0.15, -0.1) is 0 Å². The van der Waals surface area contributed by atoms with Gasteiger partial charge in [-0.05, 0) is 56.2 Å². The number of aryl methyl sites for hydroxylation is 1. The molecule has 0 spiro atoms. The number of hydrogen-bond acceptors (Lipinski definition) is 4. The Morgan fingerprint density at radius 1 is 1.00 bits per heavy atom. The summed E-state index contributed by atoms with van der Waals surface area (Å²) < 4.78 is 11.7. The molecule has 2 aromatic heterocycles. The van der Waals surface area contributed by atoms with Crippen LogP contribution in [0.5, 0.6) is 11.6 Å². The van der Waals surface area contributed by atoms with E-state index < -0.39 is 0 Å². The van der Waals surface area contributed by atoms with Gasteiger partial charge in [-0.1, -0.05) is 11.6 Å². The fourth-order valence-electron chi connectivity index (χ4n) is 3.59. The molecular formula is C21H22N2O2. The minimum absolute atomic E-state index is 0.320. The van der Waals surface area contributed by atoms with Crippen molar-refractivity contribution in [3.05, 3.63) is 48.4 Å². The quantitative estimate of drug-likeness (QED) is 0.678. The van der Waals surface area contributed by atoms with E-state index in [0.29, 0.717) is 12.0 Å². The fourth-order valence-corrected chi connectivity index (χ4v) is 3.59. The molecule has 1 fully saturated rings. The van der Waals surface area contributed by atoms with Crippen LogP contribution in [0, 0.1) is 6.92 Å². The molecule has 128 valence electrons. The molecule has 0 amide bonds. The number of hydrogen-bond donors (Lipinski definition) is 0. The van der Waals surface area contributed by atoms with Crippen LogP contribution < -0.4 is 9.47 Å². The van der Waals surface area contributed by atoms with E-state index in [9.17, 15) is 0 Å². The van der Waals surface area contributed by atoms with Gasteiger partial charge in [-0.2, -0.15) is 0 Å². The van der Waals surface area contributed by atoms with Gasteiger partial charge in [0, 0.05) is 29.7 Å². The number of ether oxygens (including phenoxy) is 2. The lowest BCUT2D eigenvalue weighted by Gasteiger charge is -2.18. The van der Waals surface area contributed by atoms with E-state index in [1.807, 2.05) is 12.3 Å². The van der Waals surface area contributed by atoms with Gasteiger partial charge in [-0.3, -0.25) is 4.98 Å². The molecular weight excluding hydrogens is 312 g/mol. The first-order valence-electron chi connectivity index (χ1n) is 8.80. The van der Waals surface area contributed by atoms with Crippen LogP contribution in [0.1, 0.15) is 31.2 Å². The predicted molar refractivity (Wildman–Crippen MR) is 99.1 cm³/mol. The molecule has 0 aliphatic heterocycles. The van der Waals surface area contributed by atoms with Gasteiger partial charge in [0.15, 0.2) is 0 Å². The van der Waals surface area contributed by atoms with Gasteiger partial charge in [0.25, 0.3) is 0 Å². The highest BCUT2D eigenvalue weighted by molar-refractivity contribution is 5.99. The summed E-state index contributed by atoms with van der Waals surface area (Å²) >= 11 is 0. The summed E-state index contributed by atoms with van der Waals surface area (Å²) in [5.74, 6) is 1.53. The SMILES string of the molecule is COc1nccc2c(-c3cc(C)ccc3OC3CCCC3)cncc12. The molecule has 1 saturated carbocycles. The van der Waals surface area contributed by atoms with Crippen LogP contribution in [0.25, 0.3) is 21.9 Å². The lowest BCUT2D eigenvalue weighted by molar-refractivity contribution is 0.211. The van der Waals surface area contributed by atoms with Crippen LogP contribution >= 0.6 is 0 Å². The Bertz CT molecular complexity index is 902. The fraction of sp³-hybridized carbons (Fsp3) is 0.333. The molecule has 4 heteroatoms. The first kappa shape index (κ1) is 15.9. The van der Waals surface area contributed by atoms with E-state index in [1.165, 1.54) is 18.4 Å². The monoisotopic (exact) mass is 334 g/mol. The van der Waals surface area contributed by atoms with E-state index in [1.54, 1.807) is 19.5 Å². The van der Waals surface area contributed by atoms with E-state index in [2.05, 4.69) is 35.1 Å². The van der Waals surface area contributed by atoms with Crippen molar-refractivity contribution in [2.75, 3.05) is 7.11 Å². The van der Waals surface area contributed by atoms with Gasteiger partial charge in [0.05, 0.1) is 18.6 Å². The van der Waals surface area contributed by atoms with Crippen LogP contribution in [-0.2, 0) is 0 Å². The van der Waals surface area contributed by atoms with Crippen molar-refractivity contribution < 1.29 is 9.47 Å². The summed E-state index contributed by atoms with van der Waals surface area (Å²) in [5, 5.41) is 1.99. The lowest BCUT2D eigenvalue weighted by Crippen LogP contribution is -2.11. The zero-order valence-corrected chi connectivity index (χ0v) is 14.7. The zero-order chi connectivity index (χ0) is 17.2. The molecule has 2 heterocycles. The second-order valence-electron chi connectivity index (χ2n) is 6.63. The molecule has 25 heavy (non-hydrogen) atoms. The summed E-state index contributed by atoms with van der Waals surface area (Å²) in [5.41, 5.74) is 3.33. The molecule has 3 aromatic rings. The Labute approximate surface area is 147 Å². The summed E-state index contributed by atoms with van der Waals surface area (Å²) in [6.07, 6.45) is 10.6. The largest absolute Gasteiger partial charge is 0.490 e. The summed E-state index contributed by atoms with van der Waals surface area (Å²) in [4.78, 5) is 8.71. The third kappa shape index (κ3) is 3.04. The summed E-state index contributed by atoms with van der Waals surface area (Å²) in [6.45, 7) is 2.10. The van der Waals surface area contributed by atoms with Gasteiger partial charge < -0.3 is 9.47 Å². The molecule has 1 aliphatic carbocycles. The molecule has 1 aliphatic rings. The normalized spacial score (nSPS) is 14.8. The van der Waals surface area contributed by atoms with Crippen molar-refractivity contribution >= 4 is 10.8 Å². The molecule has 1 aromatic carbocycles. The van der Waals surface area contributed by atoms with Crippen LogP contribution in [-0.4, -0.2) is 23.2 Å². The Morgan fingerprint density at radius 3 is 2.64 bits per heavy atom. The average molecular weight is 334 g/mol. The number of fused-ring (bicyclic) bond motifs is 1. The topological polar surface area (TPSA) is 44.2 Å². The summed E-state index contributed by atoms with van der Waals surface area (Å²) in [7, 11) is 1.63. The molecule has 0 atom stereocenters. The van der Waals surface area contributed by atoms with Crippen molar-refractivity contribution in [1.29, 1.82) is 0 Å². The van der Waals surface area contributed by atoms with E-state index in [-0.39, 0.29) is 0 Å². The average Bonchev–Trinajstić information content (AvgIpc) is 3.15. The number of nitrogens with zero attached hydrogens (tertiary/aromatic N) is 2. The maximum atomic E-state index is 6.35. The first-order chi connectivity index (χ1) is 12.3. The smallest absolute Gasteiger partial charge is 0.222 e. The number of pyridine rings is 2. The second kappa shape index (κ2) is 6.71. The Morgan fingerprint density at radius 2 is 1.84 bits per heavy atom. The molecule has 0 unspecified atom stereocenters. The highest BCUT2D eigenvalue weighted by Crippen LogP contribution is 2.38. The zero-order valence-electron chi connectivity index (χ0n) is 14.7. The van der Waals surface area contributed by atoms with Gasteiger partial charge in [0.1, 0.15) is 5.75 Å². The standard InChI is InChI=1S/C21H22N2O2/c1-14-7-8-20(25-15-5-3-4-6-15)17(11-14)18-12-22-13-19-16(18)9-10-23-21(19)24-2/h7-13,15H,3-6H2,1-2H3. The number of methoxy groups -OCH3 is 1. The third-order valence-corrected chi connectivity index (χ3v) is 4.87. The lowest BCUT2D eigenvalue weighted by atomic mass is 9.99. The summed E-state index contributed by atoms with van der Waals surface area (Å²) in [6, 6.07) is 8.37. The molecule has 0 saturated heterocycles. The third-order valence-electron chi connectivity index (χ3n) is 4.87.